The van der Waals surface area contributed by atoms with Gasteiger partial charge in [-0.1, -0.05) is 12.1 Å². The van der Waals surface area contributed by atoms with E-state index in [1.54, 1.807) is 24.3 Å². The molecule has 0 aliphatic carbocycles. The van der Waals surface area contributed by atoms with Crippen molar-refractivity contribution in [3.8, 4) is 0 Å². The molecule has 0 atom stereocenters. The first-order valence-electron chi connectivity index (χ1n) is 8.51. The average molecular weight is 440 g/mol. The molecule has 1 N–H and O–H groups in total. The number of piperazine rings is 1. The van der Waals surface area contributed by atoms with Crippen molar-refractivity contribution in [1.82, 2.24) is 14.3 Å². The molecule has 3 rings (SSSR count). The monoisotopic (exact) mass is 439 g/mol. The minimum absolute atomic E-state index is 0.306. The molecule has 0 spiro atoms. The number of hydrogen-bond acceptors (Lipinski definition) is 6. The van der Waals surface area contributed by atoms with E-state index in [-0.39, 0.29) is 0 Å². The van der Waals surface area contributed by atoms with Gasteiger partial charge in [0.2, 0.25) is 10.0 Å². The average Bonchev–Trinajstić information content (AvgIpc) is 2.62. The standard InChI is InChI=1S/C17H22BrN5O2S/c1-3-19-16-12-17(21-13(2)20-16)22-8-10-23(11-9-22)26(24,25)15-7-5-4-6-14(15)18/h4-7,12H,3,8-11H2,1-2H3,(H,19,20,21). The molecule has 1 saturated heterocycles. The number of benzene rings is 1. The quantitative estimate of drug-likeness (QED) is 0.770. The highest BCUT2D eigenvalue weighted by molar-refractivity contribution is 9.10. The summed E-state index contributed by atoms with van der Waals surface area (Å²) < 4.78 is 27.9. The van der Waals surface area contributed by atoms with Crippen molar-refractivity contribution in [2.45, 2.75) is 18.7 Å². The molecular formula is C17H22BrN5O2S. The maximum Gasteiger partial charge on any atom is 0.244 e. The van der Waals surface area contributed by atoms with Gasteiger partial charge in [-0.05, 0) is 41.9 Å². The lowest BCUT2D eigenvalue weighted by molar-refractivity contribution is 0.383. The highest BCUT2D eigenvalue weighted by atomic mass is 79.9. The molecule has 0 bridgehead atoms. The Kier molecular flexibility index (Phi) is 5.79. The van der Waals surface area contributed by atoms with Crippen LogP contribution in [-0.2, 0) is 10.0 Å². The lowest BCUT2D eigenvalue weighted by Crippen LogP contribution is -2.49. The number of aromatic nitrogens is 2. The summed E-state index contributed by atoms with van der Waals surface area (Å²) in [5.41, 5.74) is 0. The number of nitrogens with one attached hydrogen (secondary N) is 1. The normalized spacial score (nSPS) is 15.9. The zero-order valence-electron chi connectivity index (χ0n) is 14.8. The van der Waals surface area contributed by atoms with E-state index in [2.05, 4.69) is 36.1 Å². The zero-order valence-corrected chi connectivity index (χ0v) is 17.2. The van der Waals surface area contributed by atoms with Crippen LogP contribution < -0.4 is 10.2 Å². The van der Waals surface area contributed by atoms with Crippen molar-refractivity contribution < 1.29 is 8.42 Å². The van der Waals surface area contributed by atoms with E-state index in [4.69, 9.17) is 0 Å². The molecule has 0 radical (unpaired) electrons. The van der Waals surface area contributed by atoms with Gasteiger partial charge in [-0.15, -0.1) is 0 Å². The molecule has 1 aromatic carbocycles. The highest BCUT2D eigenvalue weighted by Crippen LogP contribution is 2.26. The van der Waals surface area contributed by atoms with Gasteiger partial charge in [0.1, 0.15) is 17.5 Å². The number of halogens is 1. The molecule has 2 heterocycles. The number of anilines is 2. The van der Waals surface area contributed by atoms with Crippen molar-refractivity contribution in [3.63, 3.8) is 0 Å². The summed E-state index contributed by atoms with van der Waals surface area (Å²) >= 11 is 3.34. The van der Waals surface area contributed by atoms with Gasteiger partial charge in [0.05, 0.1) is 4.90 Å². The van der Waals surface area contributed by atoms with Crippen LogP contribution in [0.2, 0.25) is 0 Å². The molecule has 0 amide bonds. The van der Waals surface area contributed by atoms with E-state index in [9.17, 15) is 8.42 Å². The van der Waals surface area contributed by atoms with Crippen molar-refractivity contribution >= 4 is 37.6 Å². The number of hydrogen-bond donors (Lipinski definition) is 1. The fourth-order valence-corrected chi connectivity index (χ4v) is 5.32. The minimum Gasteiger partial charge on any atom is -0.370 e. The van der Waals surface area contributed by atoms with E-state index in [0.717, 1.165) is 18.2 Å². The predicted molar refractivity (Wildman–Crippen MR) is 106 cm³/mol. The Bertz CT molecular complexity index is 882. The third kappa shape index (κ3) is 3.99. The lowest BCUT2D eigenvalue weighted by Gasteiger charge is -2.35. The van der Waals surface area contributed by atoms with Gasteiger partial charge < -0.3 is 10.2 Å². The van der Waals surface area contributed by atoms with Gasteiger partial charge in [0.15, 0.2) is 0 Å². The number of rotatable bonds is 5. The van der Waals surface area contributed by atoms with Gasteiger partial charge in [-0.25, -0.2) is 18.4 Å². The van der Waals surface area contributed by atoms with Crippen LogP contribution in [-0.4, -0.2) is 55.4 Å². The Morgan fingerprint density at radius 3 is 2.50 bits per heavy atom. The van der Waals surface area contributed by atoms with E-state index >= 15 is 0 Å². The molecule has 9 heteroatoms. The van der Waals surface area contributed by atoms with Crippen LogP contribution in [0.3, 0.4) is 0 Å². The first-order chi connectivity index (χ1) is 12.4. The van der Waals surface area contributed by atoms with Crippen LogP contribution >= 0.6 is 15.9 Å². The predicted octanol–water partition coefficient (Wildman–Crippen LogP) is 2.49. The molecule has 7 nitrogen and oxygen atoms in total. The topological polar surface area (TPSA) is 78.4 Å². The van der Waals surface area contributed by atoms with Gasteiger partial charge in [-0.2, -0.15) is 4.31 Å². The van der Waals surface area contributed by atoms with E-state index in [0.29, 0.717) is 41.4 Å². The maximum absolute atomic E-state index is 12.9. The van der Waals surface area contributed by atoms with Crippen LogP contribution in [0.5, 0.6) is 0 Å². The first kappa shape index (κ1) is 19.1. The van der Waals surface area contributed by atoms with Gasteiger partial charge in [-0.3, -0.25) is 0 Å². The summed E-state index contributed by atoms with van der Waals surface area (Å²) in [5, 5.41) is 3.20. The Balaban J connectivity index is 1.74. The van der Waals surface area contributed by atoms with E-state index in [1.165, 1.54) is 4.31 Å². The Labute approximate surface area is 162 Å². The fraction of sp³-hybridized carbons (Fsp3) is 0.412. The third-order valence-electron chi connectivity index (χ3n) is 4.20. The SMILES string of the molecule is CCNc1cc(N2CCN(S(=O)(=O)c3ccccc3Br)CC2)nc(C)n1. The maximum atomic E-state index is 12.9. The second-order valence-corrected chi connectivity index (χ2v) is 8.77. The van der Waals surface area contributed by atoms with Gasteiger partial charge in [0, 0.05) is 43.3 Å². The summed E-state index contributed by atoms with van der Waals surface area (Å²) in [5.74, 6) is 2.31. The van der Waals surface area contributed by atoms with Gasteiger partial charge in [0.25, 0.3) is 0 Å². The smallest absolute Gasteiger partial charge is 0.244 e. The number of sulfonamides is 1. The lowest BCUT2D eigenvalue weighted by atomic mass is 10.3. The van der Waals surface area contributed by atoms with Crippen LogP contribution in [0.15, 0.2) is 39.7 Å². The molecule has 26 heavy (non-hydrogen) atoms. The molecule has 1 fully saturated rings. The van der Waals surface area contributed by atoms with Crippen molar-refractivity contribution in [3.05, 3.63) is 40.6 Å². The molecule has 1 aliphatic heterocycles. The van der Waals surface area contributed by atoms with Gasteiger partial charge >= 0.3 is 0 Å². The molecule has 2 aromatic rings. The summed E-state index contributed by atoms with van der Waals surface area (Å²) in [6.07, 6.45) is 0. The molecule has 0 saturated carbocycles. The van der Waals surface area contributed by atoms with Crippen LogP contribution in [0, 0.1) is 6.92 Å². The fourth-order valence-electron chi connectivity index (χ4n) is 2.94. The summed E-state index contributed by atoms with van der Waals surface area (Å²) in [4.78, 5) is 11.3. The molecule has 1 aliphatic rings. The summed E-state index contributed by atoms with van der Waals surface area (Å²) in [6.45, 7) is 6.68. The minimum atomic E-state index is -3.51. The second kappa shape index (κ2) is 7.89. The highest BCUT2D eigenvalue weighted by Gasteiger charge is 2.30. The summed E-state index contributed by atoms with van der Waals surface area (Å²) in [6, 6.07) is 8.83. The van der Waals surface area contributed by atoms with Crippen molar-refractivity contribution in [2.75, 3.05) is 42.9 Å². The molecular weight excluding hydrogens is 418 g/mol. The van der Waals surface area contributed by atoms with E-state index < -0.39 is 10.0 Å². The first-order valence-corrected chi connectivity index (χ1v) is 10.7. The Morgan fingerprint density at radius 1 is 1.15 bits per heavy atom. The van der Waals surface area contributed by atoms with E-state index in [1.807, 2.05) is 19.9 Å². The molecule has 1 aromatic heterocycles. The van der Waals surface area contributed by atoms with Crippen LogP contribution in [0.25, 0.3) is 0 Å². The number of aryl methyl sites for hydroxylation is 1. The second-order valence-electron chi connectivity index (χ2n) is 6.01. The van der Waals surface area contributed by atoms with Crippen molar-refractivity contribution in [2.24, 2.45) is 0 Å². The Morgan fingerprint density at radius 2 is 1.85 bits per heavy atom. The molecule has 140 valence electrons. The summed E-state index contributed by atoms with van der Waals surface area (Å²) in [7, 11) is -3.51. The largest absolute Gasteiger partial charge is 0.370 e. The number of nitrogens with zero attached hydrogens (tertiary/aromatic N) is 4. The molecule has 0 unspecified atom stereocenters. The van der Waals surface area contributed by atoms with Crippen LogP contribution in [0.4, 0.5) is 11.6 Å². The Hall–Kier alpha value is -1.71. The zero-order chi connectivity index (χ0) is 18.7. The third-order valence-corrected chi connectivity index (χ3v) is 7.11. The van der Waals surface area contributed by atoms with Crippen LogP contribution in [0.1, 0.15) is 12.7 Å². The van der Waals surface area contributed by atoms with Crippen molar-refractivity contribution in [1.29, 1.82) is 0 Å².